The number of amides is 1. The van der Waals surface area contributed by atoms with E-state index in [2.05, 4.69) is 4.98 Å². The molecule has 3 aromatic heterocycles. The topological polar surface area (TPSA) is 94.6 Å². The molecule has 9 heteroatoms. The van der Waals surface area contributed by atoms with Gasteiger partial charge >= 0.3 is 5.97 Å². The van der Waals surface area contributed by atoms with Gasteiger partial charge in [-0.2, -0.15) is 0 Å². The second kappa shape index (κ2) is 8.39. The number of thiophene rings is 1. The summed E-state index contributed by atoms with van der Waals surface area (Å²) in [7, 11) is 1.60. The van der Waals surface area contributed by atoms with Crippen LogP contribution in [-0.4, -0.2) is 40.0 Å². The van der Waals surface area contributed by atoms with Gasteiger partial charge in [-0.1, -0.05) is 0 Å². The molecule has 3 rings (SSSR count). The molecule has 0 fully saturated rings. The number of rotatable bonds is 7. The summed E-state index contributed by atoms with van der Waals surface area (Å²) in [5.41, 5.74) is 0.744. The molecule has 0 aliphatic rings. The second-order valence-electron chi connectivity index (χ2n) is 6.45. The molecule has 0 saturated heterocycles. The van der Waals surface area contributed by atoms with Gasteiger partial charge < -0.3 is 14.1 Å². The quantitative estimate of drug-likeness (QED) is 0.562. The highest BCUT2D eigenvalue weighted by molar-refractivity contribution is 7.18. The number of hydrogen-bond donors (Lipinski definition) is 0. The Balaban J connectivity index is 1.52. The summed E-state index contributed by atoms with van der Waals surface area (Å²) >= 11 is 1.48. The van der Waals surface area contributed by atoms with Crippen LogP contribution in [0.2, 0.25) is 0 Å². The Morgan fingerprint density at radius 2 is 2.14 bits per heavy atom. The first kappa shape index (κ1) is 19.8. The summed E-state index contributed by atoms with van der Waals surface area (Å²) in [6, 6.07) is 3.50. The largest absolute Gasteiger partial charge is 0.467 e. The lowest BCUT2D eigenvalue weighted by Gasteiger charge is -2.15. The van der Waals surface area contributed by atoms with Gasteiger partial charge in [0, 0.05) is 18.5 Å². The Morgan fingerprint density at radius 3 is 2.86 bits per heavy atom. The van der Waals surface area contributed by atoms with Crippen LogP contribution in [-0.2, 0) is 27.4 Å². The molecule has 0 radical (unpaired) electrons. The predicted molar refractivity (Wildman–Crippen MR) is 104 cm³/mol. The van der Waals surface area contributed by atoms with Gasteiger partial charge in [0.05, 0.1) is 30.9 Å². The number of carbonyl (C=O) groups is 2. The van der Waals surface area contributed by atoms with Crippen molar-refractivity contribution in [3.63, 3.8) is 0 Å². The first-order valence-corrected chi connectivity index (χ1v) is 9.55. The zero-order valence-corrected chi connectivity index (χ0v) is 16.7. The van der Waals surface area contributed by atoms with E-state index in [0.717, 1.165) is 10.4 Å². The zero-order chi connectivity index (χ0) is 20.3. The molecule has 0 aromatic carbocycles. The highest BCUT2D eigenvalue weighted by Crippen LogP contribution is 2.25. The van der Waals surface area contributed by atoms with Gasteiger partial charge in [0.1, 0.15) is 10.6 Å². The molecular formula is C19H21N3O5S. The van der Waals surface area contributed by atoms with Crippen LogP contribution < -0.4 is 5.56 Å². The van der Waals surface area contributed by atoms with Crippen molar-refractivity contribution in [3.05, 3.63) is 51.3 Å². The summed E-state index contributed by atoms with van der Waals surface area (Å²) < 4.78 is 11.6. The van der Waals surface area contributed by atoms with E-state index in [0.29, 0.717) is 22.5 Å². The van der Waals surface area contributed by atoms with Gasteiger partial charge in [0.2, 0.25) is 0 Å². The van der Waals surface area contributed by atoms with E-state index in [9.17, 15) is 14.4 Å². The third-order valence-corrected chi connectivity index (χ3v) is 5.58. The number of aromatic nitrogens is 2. The summed E-state index contributed by atoms with van der Waals surface area (Å²) in [5.74, 6) is -0.247. The number of furan rings is 1. The lowest BCUT2D eigenvalue weighted by molar-refractivity contribution is -0.152. The van der Waals surface area contributed by atoms with Gasteiger partial charge in [0.15, 0.2) is 6.61 Å². The van der Waals surface area contributed by atoms with E-state index in [4.69, 9.17) is 9.15 Å². The summed E-state index contributed by atoms with van der Waals surface area (Å²) in [5, 5.41) is 0.591. The molecule has 3 aromatic rings. The van der Waals surface area contributed by atoms with Crippen LogP contribution in [0.5, 0.6) is 0 Å². The van der Waals surface area contributed by atoms with E-state index >= 15 is 0 Å². The van der Waals surface area contributed by atoms with Gasteiger partial charge in [-0.05, 0) is 31.5 Å². The van der Waals surface area contributed by atoms with Crippen LogP contribution in [0.15, 0.2) is 33.9 Å². The van der Waals surface area contributed by atoms with E-state index in [-0.39, 0.29) is 31.0 Å². The molecule has 0 saturated carbocycles. The monoisotopic (exact) mass is 403 g/mol. The van der Waals surface area contributed by atoms with Gasteiger partial charge in [-0.3, -0.25) is 19.0 Å². The maximum absolute atomic E-state index is 12.6. The number of hydrogen-bond acceptors (Lipinski definition) is 7. The molecule has 8 nitrogen and oxygen atoms in total. The van der Waals surface area contributed by atoms with Crippen molar-refractivity contribution in [1.82, 2.24) is 14.5 Å². The zero-order valence-electron chi connectivity index (χ0n) is 15.9. The molecule has 28 heavy (non-hydrogen) atoms. The van der Waals surface area contributed by atoms with Crippen LogP contribution in [0.3, 0.4) is 0 Å². The SMILES string of the molecule is Cc1sc2ncn(CCC(=O)OCC(=O)N(C)Cc3ccco3)c(=O)c2c1C. The molecule has 148 valence electrons. The highest BCUT2D eigenvalue weighted by atomic mass is 32.1. The van der Waals surface area contributed by atoms with Crippen molar-refractivity contribution in [2.45, 2.75) is 33.4 Å². The van der Waals surface area contributed by atoms with Crippen molar-refractivity contribution in [3.8, 4) is 0 Å². The van der Waals surface area contributed by atoms with Crippen molar-refractivity contribution in [2.24, 2.45) is 0 Å². The smallest absolute Gasteiger partial charge is 0.308 e. The van der Waals surface area contributed by atoms with Crippen LogP contribution >= 0.6 is 11.3 Å². The number of aryl methyl sites for hydroxylation is 3. The highest BCUT2D eigenvalue weighted by Gasteiger charge is 2.15. The minimum Gasteiger partial charge on any atom is -0.467 e. The Kier molecular flexibility index (Phi) is 5.93. The van der Waals surface area contributed by atoms with Gasteiger partial charge in [-0.25, -0.2) is 4.98 Å². The van der Waals surface area contributed by atoms with Crippen molar-refractivity contribution >= 4 is 33.4 Å². The summed E-state index contributed by atoms with van der Waals surface area (Å²) in [4.78, 5) is 44.0. The van der Waals surface area contributed by atoms with E-state index in [1.54, 1.807) is 19.2 Å². The van der Waals surface area contributed by atoms with Crippen LogP contribution in [0.25, 0.3) is 10.2 Å². The molecule has 0 bridgehead atoms. The van der Waals surface area contributed by atoms with Crippen molar-refractivity contribution in [1.29, 1.82) is 0 Å². The van der Waals surface area contributed by atoms with Crippen molar-refractivity contribution < 1.29 is 18.7 Å². The number of fused-ring (bicyclic) bond motifs is 1. The molecule has 0 aliphatic heterocycles. The minimum absolute atomic E-state index is 0.0234. The minimum atomic E-state index is -0.551. The maximum Gasteiger partial charge on any atom is 0.308 e. The Labute approximate surface area is 165 Å². The molecule has 0 N–H and O–H groups in total. The number of carbonyl (C=O) groups excluding carboxylic acids is 2. The van der Waals surface area contributed by atoms with E-state index in [1.807, 2.05) is 13.8 Å². The molecule has 1 amide bonds. The molecule has 0 atom stereocenters. The lowest BCUT2D eigenvalue weighted by atomic mass is 10.2. The summed E-state index contributed by atoms with van der Waals surface area (Å²) in [6.45, 7) is 3.92. The first-order valence-electron chi connectivity index (χ1n) is 8.74. The van der Waals surface area contributed by atoms with Gasteiger partial charge in [0.25, 0.3) is 11.5 Å². The normalized spacial score (nSPS) is 11.0. The molecule has 0 aliphatic carbocycles. The third-order valence-electron chi connectivity index (χ3n) is 4.47. The third kappa shape index (κ3) is 4.30. The average molecular weight is 403 g/mol. The number of esters is 1. The standard InChI is InChI=1S/C19H21N3O5S/c1-12-13(2)28-18-17(12)19(25)22(11-20-18)7-6-16(24)27-10-15(23)21(3)9-14-5-4-8-26-14/h4-5,8,11H,6-7,9-10H2,1-3H3. The number of ether oxygens (including phenoxy) is 1. The second-order valence-corrected chi connectivity index (χ2v) is 7.65. The fourth-order valence-corrected chi connectivity index (χ4v) is 3.68. The fourth-order valence-electron chi connectivity index (χ4n) is 2.69. The fraction of sp³-hybridized carbons (Fsp3) is 0.368. The Morgan fingerprint density at radius 1 is 1.36 bits per heavy atom. The Hall–Kier alpha value is -2.94. The lowest BCUT2D eigenvalue weighted by Crippen LogP contribution is -2.31. The van der Waals surface area contributed by atoms with Crippen molar-refractivity contribution in [2.75, 3.05) is 13.7 Å². The van der Waals surface area contributed by atoms with Crippen LogP contribution in [0, 0.1) is 13.8 Å². The Bertz CT molecular complexity index is 1050. The molecule has 0 unspecified atom stereocenters. The molecule has 3 heterocycles. The number of nitrogens with zero attached hydrogens (tertiary/aromatic N) is 3. The van der Waals surface area contributed by atoms with E-state index < -0.39 is 5.97 Å². The van der Waals surface area contributed by atoms with Crippen LogP contribution in [0.1, 0.15) is 22.6 Å². The molecular weight excluding hydrogens is 382 g/mol. The van der Waals surface area contributed by atoms with Crippen LogP contribution in [0.4, 0.5) is 0 Å². The predicted octanol–water partition coefficient (Wildman–Crippen LogP) is 2.26. The number of likely N-dealkylation sites (N-methyl/N-ethyl adjacent to an activating group) is 1. The summed E-state index contributed by atoms with van der Waals surface area (Å²) in [6.07, 6.45) is 2.95. The van der Waals surface area contributed by atoms with Gasteiger partial charge in [-0.15, -0.1) is 11.3 Å². The van der Waals surface area contributed by atoms with E-state index in [1.165, 1.54) is 33.4 Å². The molecule has 0 spiro atoms. The first-order chi connectivity index (χ1) is 13.4. The maximum atomic E-state index is 12.6. The average Bonchev–Trinajstić information content (AvgIpc) is 3.27.